The lowest BCUT2D eigenvalue weighted by Crippen LogP contribution is -2.25. The van der Waals surface area contributed by atoms with Gasteiger partial charge in [0.2, 0.25) is 5.91 Å². The van der Waals surface area contributed by atoms with Crippen LogP contribution in [0.1, 0.15) is 17.0 Å². The fraction of sp³-hybridized carbons (Fsp3) is 0.211. The van der Waals surface area contributed by atoms with Gasteiger partial charge in [-0.2, -0.15) is 0 Å². The van der Waals surface area contributed by atoms with Gasteiger partial charge in [-0.05, 0) is 41.8 Å². The van der Waals surface area contributed by atoms with Gasteiger partial charge in [0.05, 0.1) is 12.4 Å². The van der Waals surface area contributed by atoms with Crippen LogP contribution in [0.5, 0.6) is 5.75 Å². The van der Waals surface area contributed by atoms with Crippen LogP contribution in [0.3, 0.4) is 0 Å². The normalized spacial score (nSPS) is 16.9. The maximum Gasteiger partial charge on any atom is 0.286 e. The van der Waals surface area contributed by atoms with E-state index in [0.29, 0.717) is 24.3 Å². The lowest BCUT2D eigenvalue weighted by atomic mass is 10.1. The highest BCUT2D eigenvalue weighted by Crippen LogP contribution is 2.25. The first-order valence-electron chi connectivity index (χ1n) is 8.13. The van der Waals surface area contributed by atoms with Crippen molar-refractivity contribution in [1.29, 1.82) is 0 Å². The molecule has 6 nitrogen and oxygen atoms in total. The van der Waals surface area contributed by atoms with Crippen molar-refractivity contribution in [3.05, 3.63) is 59.5 Å². The van der Waals surface area contributed by atoms with Crippen LogP contribution in [0.25, 0.3) is 11.1 Å². The summed E-state index contributed by atoms with van der Waals surface area (Å²) in [4.78, 5) is 27.5. The number of aromatic nitrogens is 1. The van der Waals surface area contributed by atoms with Gasteiger partial charge < -0.3 is 9.15 Å². The van der Waals surface area contributed by atoms with E-state index in [1.54, 1.807) is 7.11 Å². The molecule has 1 N–H and O–H groups in total. The number of nitrogens with one attached hydrogen (secondary N) is 1. The lowest BCUT2D eigenvalue weighted by molar-refractivity contribution is -0.118. The number of ether oxygens (including phenoxy) is 1. The fourth-order valence-electron chi connectivity index (χ4n) is 2.88. The second-order valence-electron chi connectivity index (χ2n) is 6.02. The molecule has 132 valence electrons. The van der Waals surface area contributed by atoms with Gasteiger partial charge in [0, 0.05) is 6.42 Å². The molecule has 1 saturated heterocycles. The molecule has 2 heterocycles. The van der Waals surface area contributed by atoms with Crippen LogP contribution in [-0.2, 0) is 17.6 Å². The summed E-state index contributed by atoms with van der Waals surface area (Å²) in [6.45, 7) is 0. The standard InChI is InChI=1S/C19H16N2O4S/c1-24-13-5-2-11(3-6-13)10-17-20-14-8-12(4-7-15(14)25-17)9-16-18(22)21-19(23)26-16/h2-8,16H,9-10H2,1H3,(H,21,22,23). The third-order valence-electron chi connectivity index (χ3n) is 4.20. The van der Waals surface area contributed by atoms with Gasteiger partial charge in [0.25, 0.3) is 5.24 Å². The Bertz CT molecular complexity index is 981. The number of hydrogen-bond donors (Lipinski definition) is 1. The molecule has 7 heteroatoms. The van der Waals surface area contributed by atoms with E-state index in [4.69, 9.17) is 9.15 Å². The summed E-state index contributed by atoms with van der Waals surface area (Å²) in [5.41, 5.74) is 3.48. The Hall–Kier alpha value is -2.80. The van der Waals surface area contributed by atoms with Gasteiger partial charge in [-0.3, -0.25) is 14.9 Å². The Kier molecular flexibility index (Phi) is 4.38. The molecule has 1 aliphatic rings. The monoisotopic (exact) mass is 368 g/mol. The van der Waals surface area contributed by atoms with E-state index in [9.17, 15) is 9.59 Å². The van der Waals surface area contributed by atoms with E-state index in [1.165, 1.54) is 0 Å². The minimum Gasteiger partial charge on any atom is -0.497 e. The molecular weight excluding hydrogens is 352 g/mol. The summed E-state index contributed by atoms with van der Waals surface area (Å²) in [5, 5.41) is 1.63. The molecule has 0 spiro atoms. The van der Waals surface area contributed by atoms with Crippen molar-refractivity contribution < 1.29 is 18.7 Å². The van der Waals surface area contributed by atoms with Crippen LogP contribution >= 0.6 is 11.8 Å². The number of fused-ring (bicyclic) bond motifs is 1. The zero-order chi connectivity index (χ0) is 18.1. The predicted octanol–water partition coefficient (Wildman–Crippen LogP) is 3.32. The molecule has 1 aromatic heterocycles. The second-order valence-corrected chi connectivity index (χ2v) is 7.20. The highest BCUT2D eigenvalue weighted by Gasteiger charge is 2.31. The van der Waals surface area contributed by atoms with Gasteiger partial charge in [0.1, 0.15) is 11.3 Å². The van der Waals surface area contributed by atoms with Gasteiger partial charge in [0.15, 0.2) is 11.5 Å². The zero-order valence-corrected chi connectivity index (χ0v) is 14.8. The van der Waals surface area contributed by atoms with Crippen LogP contribution in [0.2, 0.25) is 0 Å². The Morgan fingerprint density at radius 1 is 1.15 bits per heavy atom. The first-order chi connectivity index (χ1) is 12.6. The quantitative estimate of drug-likeness (QED) is 0.744. The molecule has 0 bridgehead atoms. The third-order valence-corrected chi connectivity index (χ3v) is 5.18. The van der Waals surface area contributed by atoms with Crippen molar-refractivity contribution in [2.24, 2.45) is 0 Å². The summed E-state index contributed by atoms with van der Waals surface area (Å²) >= 11 is 1.03. The van der Waals surface area contributed by atoms with E-state index < -0.39 is 0 Å². The number of amides is 2. The Balaban J connectivity index is 1.51. The highest BCUT2D eigenvalue weighted by atomic mass is 32.2. The summed E-state index contributed by atoms with van der Waals surface area (Å²) < 4.78 is 11.0. The van der Waals surface area contributed by atoms with Crippen molar-refractivity contribution in [1.82, 2.24) is 10.3 Å². The van der Waals surface area contributed by atoms with E-state index in [0.717, 1.165) is 34.2 Å². The minimum atomic E-state index is -0.384. The predicted molar refractivity (Wildman–Crippen MR) is 98.4 cm³/mol. The van der Waals surface area contributed by atoms with Crippen molar-refractivity contribution in [3.8, 4) is 5.75 Å². The SMILES string of the molecule is COc1ccc(Cc2nc3cc(CC4SC(=O)NC4=O)ccc3o2)cc1. The number of imide groups is 1. The maximum atomic E-state index is 11.7. The average molecular weight is 368 g/mol. The average Bonchev–Trinajstić information content (AvgIpc) is 3.17. The van der Waals surface area contributed by atoms with Crippen LogP contribution < -0.4 is 10.1 Å². The van der Waals surface area contributed by atoms with Gasteiger partial charge in [-0.1, -0.05) is 30.0 Å². The van der Waals surface area contributed by atoms with Crippen LogP contribution in [-0.4, -0.2) is 28.5 Å². The summed E-state index contributed by atoms with van der Waals surface area (Å²) in [5.74, 6) is 1.20. The molecule has 0 saturated carbocycles. The number of rotatable bonds is 5. The Labute approximate surface area is 153 Å². The molecule has 0 aliphatic carbocycles. The van der Waals surface area contributed by atoms with E-state index in [1.807, 2.05) is 42.5 Å². The summed E-state index contributed by atoms with van der Waals surface area (Å²) in [6, 6.07) is 13.4. The van der Waals surface area contributed by atoms with Crippen LogP contribution in [0.4, 0.5) is 4.79 Å². The van der Waals surface area contributed by atoms with Gasteiger partial charge in [-0.25, -0.2) is 4.98 Å². The highest BCUT2D eigenvalue weighted by molar-refractivity contribution is 8.15. The first-order valence-corrected chi connectivity index (χ1v) is 9.01. The largest absolute Gasteiger partial charge is 0.497 e. The van der Waals surface area contributed by atoms with Crippen molar-refractivity contribution in [2.45, 2.75) is 18.1 Å². The van der Waals surface area contributed by atoms with Crippen LogP contribution in [0, 0.1) is 0 Å². The topological polar surface area (TPSA) is 81.4 Å². The molecule has 2 aromatic carbocycles. The lowest BCUT2D eigenvalue weighted by Gasteiger charge is -2.04. The number of oxazole rings is 1. The number of carbonyl (C=O) groups excluding carboxylic acids is 2. The zero-order valence-electron chi connectivity index (χ0n) is 14.0. The molecule has 2 amide bonds. The van der Waals surface area contributed by atoms with E-state index in [2.05, 4.69) is 10.3 Å². The number of hydrogen-bond acceptors (Lipinski definition) is 6. The van der Waals surface area contributed by atoms with Gasteiger partial charge >= 0.3 is 0 Å². The molecule has 1 fully saturated rings. The van der Waals surface area contributed by atoms with Crippen molar-refractivity contribution in [3.63, 3.8) is 0 Å². The molecular formula is C19H16N2O4S. The first kappa shape index (κ1) is 16.7. The molecule has 3 aromatic rings. The third kappa shape index (κ3) is 3.43. The van der Waals surface area contributed by atoms with Gasteiger partial charge in [-0.15, -0.1) is 0 Å². The molecule has 1 aliphatic heterocycles. The fourth-order valence-corrected chi connectivity index (χ4v) is 3.74. The number of methoxy groups -OCH3 is 1. The van der Waals surface area contributed by atoms with Crippen molar-refractivity contribution >= 4 is 34.0 Å². The molecule has 1 unspecified atom stereocenters. The summed E-state index contributed by atoms with van der Waals surface area (Å²) in [7, 11) is 1.64. The molecule has 1 atom stereocenters. The van der Waals surface area contributed by atoms with Crippen molar-refractivity contribution in [2.75, 3.05) is 7.11 Å². The minimum absolute atomic E-state index is 0.236. The smallest absolute Gasteiger partial charge is 0.286 e. The van der Waals surface area contributed by atoms with E-state index in [-0.39, 0.29) is 16.4 Å². The Morgan fingerprint density at radius 3 is 2.62 bits per heavy atom. The number of nitrogens with zero attached hydrogens (tertiary/aromatic N) is 1. The number of thioether (sulfide) groups is 1. The number of carbonyl (C=O) groups is 2. The number of benzene rings is 2. The molecule has 4 rings (SSSR count). The maximum absolute atomic E-state index is 11.7. The second kappa shape index (κ2) is 6.84. The Morgan fingerprint density at radius 2 is 1.92 bits per heavy atom. The van der Waals surface area contributed by atoms with Crippen LogP contribution in [0.15, 0.2) is 46.9 Å². The summed E-state index contributed by atoms with van der Waals surface area (Å²) in [6.07, 6.45) is 1.07. The molecule has 26 heavy (non-hydrogen) atoms. The molecule has 0 radical (unpaired) electrons. The van der Waals surface area contributed by atoms with E-state index >= 15 is 0 Å².